The molecule has 0 saturated carbocycles. The van der Waals surface area contributed by atoms with Crippen molar-refractivity contribution in [3.05, 3.63) is 52.9 Å². The lowest BCUT2D eigenvalue weighted by atomic mass is 9.78. The van der Waals surface area contributed by atoms with Gasteiger partial charge in [0.1, 0.15) is 28.9 Å². The third-order valence-electron chi connectivity index (χ3n) is 8.89. The fraction of sp³-hybridized carbons (Fsp3) is 0.419. The van der Waals surface area contributed by atoms with Gasteiger partial charge in [-0.05, 0) is 18.2 Å². The number of benzene rings is 1. The van der Waals surface area contributed by atoms with Crippen LogP contribution in [0.3, 0.4) is 0 Å². The molecular weight excluding hydrogens is 609 g/mol. The molecule has 234 valence electrons. The highest BCUT2D eigenvalue weighted by atomic mass is 35.5. The second-order valence-corrected chi connectivity index (χ2v) is 12.2. The third-order valence-corrected chi connectivity index (χ3v) is 9.10. The topological polar surface area (TPSA) is 148 Å². The highest BCUT2D eigenvalue weighted by Gasteiger charge is 2.47. The van der Waals surface area contributed by atoms with E-state index in [1.54, 1.807) is 28.9 Å². The van der Waals surface area contributed by atoms with Crippen LogP contribution in [0.1, 0.15) is 44.0 Å². The molecule has 1 N–H and O–H groups in total. The number of para-hydroxylation sites is 1. The Balaban J connectivity index is 1.34. The summed E-state index contributed by atoms with van der Waals surface area (Å²) in [5.74, 6) is -2.34. The minimum Gasteiger partial charge on any atom is -0.480 e. The molecule has 0 aliphatic carbocycles. The number of carboxylic acids is 1. The zero-order valence-electron chi connectivity index (χ0n) is 24.2. The first-order valence-electron chi connectivity index (χ1n) is 14.7. The smallest absolute Gasteiger partial charge is 0.326 e. The Hall–Kier alpha value is -4.52. The number of aromatic nitrogens is 3. The maximum atomic E-state index is 16.9. The summed E-state index contributed by atoms with van der Waals surface area (Å²) in [6.45, 7) is 1.68. The monoisotopic (exact) mass is 637 g/mol. The number of fused-ring (bicyclic) bond motifs is 10. The van der Waals surface area contributed by atoms with E-state index in [0.29, 0.717) is 16.5 Å². The summed E-state index contributed by atoms with van der Waals surface area (Å²) >= 11 is 6.29. The van der Waals surface area contributed by atoms with Crippen molar-refractivity contribution >= 4 is 57.3 Å². The molecule has 4 aromatic rings. The van der Waals surface area contributed by atoms with Crippen LogP contribution < -0.4 is 9.64 Å². The van der Waals surface area contributed by atoms with E-state index >= 15 is 4.39 Å². The number of aliphatic carboxylic acids is 1. The number of carboxylic acid groups (broad SMARTS) is 1. The molecule has 0 spiro atoms. The van der Waals surface area contributed by atoms with E-state index in [1.807, 2.05) is 12.1 Å². The first kappa shape index (κ1) is 29.2. The first-order chi connectivity index (χ1) is 21.6. The lowest BCUT2D eigenvalue weighted by Crippen LogP contribution is -2.49. The Labute approximate surface area is 261 Å². The molecule has 4 aliphatic heterocycles. The van der Waals surface area contributed by atoms with Gasteiger partial charge in [-0.15, -0.1) is 0 Å². The predicted molar refractivity (Wildman–Crippen MR) is 159 cm³/mol. The van der Waals surface area contributed by atoms with E-state index < -0.39 is 35.7 Å². The number of ether oxygens (including phenoxy) is 2. The molecule has 2 fully saturated rings. The summed E-state index contributed by atoms with van der Waals surface area (Å²) < 4.78 is 34.8. The van der Waals surface area contributed by atoms with Gasteiger partial charge in [0, 0.05) is 49.9 Å². The van der Waals surface area contributed by atoms with Crippen LogP contribution >= 0.6 is 11.6 Å². The molecule has 8 rings (SSSR count). The predicted octanol–water partition coefficient (Wildman–Crippen LogP) is 4.41. The number of rotatable bonds is 1. The van der Waals surface area contributed by atoms with E-state index in [9.17, 15) is 19.5 Å². The number of amides is 1. The highest BCUT2D eigenvalue weighted by Crippen LogP contribution is 2.46. The molecule has 0 unspecified atom stereocenters. The number of nitrogens with zero attached hydrogens (tertiary/aromatic N) is 5. The molecule has 2 saturated heterocycles. The van der Waals surface area contributed by atoms with Crippen LogP contribution in [0.4, 0.5) is 10.2 Å². The zero-order chi connectivity index (χ0) is 31.5. The van der Waals surface area contributed by atoms with Crippen molar-refractivity contribution in [2.75, 3.05) is 24.5 Å². The van der Waals surface area contributed by atoms with Crippen molar-refractivity contribution in [2.24, 2.45) is 5.92 Å². The Morgan fingerprint density at radius 1 is 1.18 bits per heavy atom. The molecule has 3 aromatic heterocycles. The van der Waals surface area contributed by atoms with Crippen LogP contribution in [0.5, 0.6) is 5.88 Å². The Morgan fingerprint density at radius 3 is 2.80 bits per heavy atom. The van der Waals surface area contributed by atoms with Gasteiger partial charge in [0.2, 0.25) is 11.8 Å². The van der Waals surface area contributed by atoms with Gasteiger partial charge in [-0.25, -0.2) is 24.1 Å². The number of esters is 1. The number of carbonyl (C=O) groups excluding carboxylic acids is 2. The minimum absolute atomic E-state index is 0.0127. The van der Waals surface area contributed by atoms with Gasteiger partial charge >= 0.3 is 11.9 Å². The second kappa shape index (κ2) is 11.1. The van der Waals surface area contributed by atoms with Crippen molar-refractivity contribution < 1.29 is 37.8 Å². The largest absolute Gasteiger partial charge is 0.480 e. The number of halogens is 2. The van der Waals surface area contributed by atoms with E-state index in [4.69, 9.17) is 25.5 Å². The minimum atomic E-state index is -1.93. The van der Waals surface area contributed by atoms with Crippen LogP contribution in [0.2, 0.25) is 5.02 Å². The molecular formula is C31H29ClFN5O7. The summed E-state index contributed by atoms with van der Waals surface area (Å²) in [5, 5.41) is 11.2. The average molecular weight is 638 g/mol. The molecule has 14 heteroatoms. The summed E-state index contributed by atoms with van der Waals surface area (Å²) in [6, 6.07) is 7.60. The number of hydrogen-bond acceptors (Lipinski definition) is 10. The molecule has 12 nitrogen and oxygen atoms in total. The van der Waals surface area contributed by atoms with Crippen LogP contribution in [-0.4, -0.2) is 74.6 Å². The van der Waals surface area contributed by atoms with E-state index in [2.05, 4.69) is 15.0 Å². The Kier molecular flexibility index (Phi) is 7.22. The summed E-state index contributed by atoms with van der Waals surface area (Å²) in [7, 11) is 0. The SMILES string of the molecule is C[C@H]1CN2CC[C@]1(F)c1cc(Cl)cnc1O[C@H]1C[C@@H](C(=O)O)N(C1)c1nc(nc3c1oc1ccccc13)COC(=O)CCC2=O. The molecule has 4 atom stereocenters. The average Bonchev–Trinajstić information content (AvgIpc) is 3.62. The Morgan fingerprint density at radius 2 is 2.00 bits per heavy atom. The molecule has 0 radical (unpaired) electrons. The normalized spacial score (nSPS) is 25.8. The maximum Gasteiger partial charge on any atom is 0.326 e. The van der Waals surface area contributed by atoms with Gasteiger partial charge in [-0.2, -0.15) is 0 Å². The third kappa shape index (κ3) is 5.18. The lowest BCUT2D eigenvalue weighted by molar-refractivity contribution is -0.148. The van der Waals surface area contributed by atoms with Crippen LogP contribution in [0.15, 0.2) is 40.9 Å². The van der Waals surface area contributed by atoms with E-state index in [1.165, 1.54) is 12.3 Å². The number of pyridine rings is 1. The standard InChI is InChI=1S/C31H29ClFN5O7/c1-16-13-37-9-8-31(16,33)20-10-17(32)12-34-29(20)44-18-11-21(30(41)42)38(14-18)28-27-26(19-4-2-3-5-22(19)45-27)35-23(36-28)15-43-25(40)7-6-24(37)39/h2-5,10,12,16,18,21H,6-9,11,13-15H2,1H3,(H,41,42)/t16-,18-,21-,31+/m0/s1. The first-order valence-corrected chi connectivity index (χ1v) is 15.1. The van der Waals surface area contributed by atoms with E-state index in [-0.39, 0.29) is 91.5 Å². The number of anilines is 1. The fourth-order valence-electron chi connectivity index (χ4n) is 6.53. The summed E-state index contributed by atoms with van der Waals surface area (Å²) in [4.78, 5) is 54.9. The van der Waals surface area contributed by atoms with Gasteiger partial charge in [0.15, 0.2) is 23.8 Å². The number of furan rings is 1. The lowest BCUT2D eigenvalue weighted by Gasteiger charge is -2.42. The quantitative estimate of drug-likeness (QED) is 0.296. The van der Waals surface area contributed by atoms with Gasteiger partial charge in [-0.3, -0.25) is 9.59 Å². The number of carbonyl (C=O) groups is 3. The molecule has 1 aromatic carbocycles. The number of piperidine rings is 1. The van der Waals surface area contributed by atoms with Crippen molar-refractivity contribution in [1.82, 2.24) is 19.9 Å². The van der Waals surface area contributed by atoms with Gasteiger partial charge in [0.25, 0.3) is 0 Å². The number of hydrogen-bond donors (Lipinski definition) is 1. The maximum absolute atomic E-state index is 16.9. The van der Waals surface area contributed by atoms with Crippen molar-refractivity contribution in [2.45, 2.75) is 57.0 Å². The van der Waals surface area contributed by atoms with Crippen molar-refractivity contribution in [3.8, 4) is 5.88 Å². The van der Waals surface area contributed by atoms with Crippen LogP contribution in [0, 0.1) is 5.92 Å². The molecule has 45 heavy (non-hydrogen) atoms. The van der Waals surface area contributed by atoms with Crippen molar-refractivity contribution in [1.29, 1.82) is 0 Å². The summed E-state index contributed by atoms with van der Waals surface area (Å²) in [5.41, 5.74) is -0.576. The molecule has 4 aliphatic rings. The second-order valence-electron chi connectivity index (χ2n) is 11.7. The number of alkyl halides is 1. The molecule has 1 amide bonds. The Bertz CT molecular complexity index is 1850. The van der Waals surface area contributed by atoms with E-state index in [0.717, 1.165) is 0 Å². The summed E-state index contributed by atoms with van der Waals surface area (Å²) in [6.07, 6.45) is 0.339. The van der Waals surface area contributed by atoms with Gasteiger partial charge in [-0.1, -0.05) is 30.7 Å². The van der Waals surface area contributed by atoms with Gasteiger partial charge in [0.05, 0.1) is 23.6 Å². The van der Waals surface area contributed by atoms with Crippen LogP contribution in [-0.2, 0) is 31.4 Å². The van der Waals surface area contributed by atoms with Crippen LogP contribution in [0.25, 0.3) is 22.1 Å². The van der Waals surface area contributed by atoms with Crippen molar-refractivity contribution in [3.63, 3.8) is 0 Å². The fourth-order valence-corrected chi connectivity index (χ4v) is 6.69. The van der Waals surface area contributed by atoms with Gasteiger partial charge < -0.3 is 28.8 Å². The zero-order valence-corrected chi connectivity index (χ0v) is 25.0. The molecule has 7 heterocycles. The molecule has 6 bridgehead atoms. The highest BCUT2D eigenvalue weighted by molar-refractivity contribution is 6.30.